The van der Waals surface area contributed by atoms with E-state index in [4.69, 9.17) is 11.6 Å². The molecule has 0 saturated carbocycles. The minimum atomic E-state index is -3.97. The molecule has 1 amide bonds. The molecule has 3 aromatic carbocycles. The van der Waals surface area contributed by atoms with Gasteiger partial charge in [-0.25, -0.2) is 8.42 Å². The highest BCUT2D eigenvalue weighted by Gasteiger charge is 2.28. The highest BCUT2D eigenvalue weighted by molar-refractivity contribution is 7.92. The van der Waals surface area contributed by atoms with E-state index in [1.165, 1.54) is 0 Å². The zero-order chi connectivity index (χ0) is 21.9. The summed E-state index contributed by atoms with van der Waals surface area (Å²) < 4.78 is 28.0. The van der Waals surface area contributed by atoms with Crippen LogP contribution in [-0.2, 0) is 14.8 Å². The molecule has 0 saturated heterocycles. The van der Waals surface area contributed by atoms with E-state index in [-0.39, 0.29) is 11.4 Å². The van der Waals surface area contributed by atoms with Gasteiger partial charge < -0.3 is 5.32 Å². The van der Waals surface area contributed by atoms with Crippen molar-refractivity contribution in [3.05, 3.63) is 88.4 Å². The third-order valence-electron chi connectivity index (χ3n) is 4.74. The molecule has 0 atom stereocenters. The largest absolute Gasteiger partial charge is 0.324 e. The van der Waals surface area contributed by atoms with Crippen molar-refractivity contribution >= 4 is 38.9 Å². The lowest BCUT2D eigenvalue weighted by Gasteiger charge is -2.26. The lowest BCUT2D eigenvalue weighted by atomic mass is 10.2. The van der Waals surface area contributed by atoms with Crippen molar-refractivity contribution in [2.24, 2.45) is 0 Å². The van der Waals surface area contributed by atoms with Crippen LogP contribution < -0.4 is 9.62 Å². The molecule has 0 spiro atoms. The van der Waals surface area contributed by atoms with Crippen molar-refractivity contribution in [1.82, 2.24) is 0 Å². The SMILES string of the molecule is Cc1ccc(S(=O)(=O)N(CC(=O)Nc2ccccc2C)c2ccc(Cl)cc2C)cc1. The molecular formula is C23H23ClN2O3S. The summed E-state index contributed by atoms with van der Waals surface area (Å²) in [6.07, 6.45) is 0. The van der Waals surface area contributed by atoms with E-state index in [1.807, 2.05) is 32.0 Å². The van der Waals surface area contributed by atoms with Gasteiger partial charge in [0.1, 0.15) is 6.54 Å². The molecule has 0 fully saturated rings. The van der Waals surface area contributed by atoms with E-state index in [0.717, 1.165) is 15.4 Å². The molecule has 0 aliphatic heterocycles. The molecule has 7 heteroatoms. The monoisotopic (exact) mass is 442 g/mol. The Hall–Kier alpha value is -2.83. The summed E-state index contributed by atoms with van der Waals surface area (Å²) in [6.45, 7) is 5.15. The second-order valence-corrected chi connectivity index (χ2v) is 9.42. The fourth-order valence-electron chi connectivity index (χ4n) is 3.07. The highest BCUT2D eigenvalue weighted by atomic mass is 35.5. The van der Waals surface area contributed by atoms with Gasteiger partial charge in [0.2, 0.25) is 5.91 Å². The Morgan fingerprint density at radius 1 is 0.933 bits per heavy atom. The van der Waals surface area contributed by atoms with Crippen LogP contribution in [0, 0.1) is 20.8 Å². The predicted molar refractivity (Wildman–Crippen MR) is 122 cm³/mol. The molecule has 5 nitrogen and oxygen atoms in total. The number of hydrogen-bond donors (Lipinski definition) is 1. The first-order valence-corrected chi connectivity index (χ1v) is 11.2. The fourth-order valence-corrected chi connectivity index (χ4v) is 4.78. The fraction of sp³-hybridized carbons (Fsp3) is 0.174. The molecule has 0 aliphatic carbocycles. The molecule has 3 aromatic rings. The summed E-state index contributed by atoms with van der Waals surface area (Å²) in [4.78, 5) is 12.9. The molecule has 0 unspecified atom stereocenters. The van der Waals surface area contributed by atoms with Crippen molar-refractivity contribution in [2.75, 3.05) is 16.2 Å². The van der Waals surface area contributed by atoms with E-state index in [0.29, 0.717) is 22.0 Å². The van der Waals surface area contributed by atoms with Crippen LogP contribution in [0.5, 0.6) is 0 Å². The third kappa shape index (κ3) is 4.83. The van der Waals surface area contributed by atoms with Gasteiger partial charge in [-0.1, -0.05) is 47.5 Å². The van der Waals surface area contributed by atoms with Crippen molar-refractivity contribution in [1.29, 1.82) is 0 Å². The number of carbonyl (C=O) groups is 1. The number of halogens is 1. The lowest BCUT2D eigenvalue weighted by molar-refractivity contribution is -0.114. The predicted octanol–water partition coefficient (Wildman–Crippen LogP) is 5.10. The van der Waals surface area contributed by atoms with Crippen LogP contribution in [0.3, 0.4) is 0 Å². The van der Waals surface area contributed by atoms with Crippen molar-refractivity contribution in [3.8, 4) is 0 Å². The van der Waals surface area contributed by atoms with Gasteiger partial charge in [0.15, 0.2) is 0 Å². The van der Waals surface area contributed by atoms with Gasteiger partial charge in [0, 0.05) is 10.7 Å². The van der Waals surface area contributed by atoms with Gasteiger partial charge in [-0.15, -0.1) is 0 Å². The molecule has 0 bridgehead atoms. The van der Waals surface area contributed by atoms with Crippen LogP contribution >= 0.6 is 11.6 Å². The first-order valence-electron chi connectivity index (χ1n) is 9.39. The highest BCUT2D eigenvalue weighted by Crippen LogP contribution is 2.29. The minimum absolute atomic E-state index is 0.117. The Morgan fingerprint density at radius 2 is 1.60 bits per heavy atom. The van der Waals surface area contributed by atoms with Gasteiger partial charge >= 0.3 is 0 Å². The van der Waals surface area contributed by atoms with E-state index >= 15 is 0 Å². The van der Waals surface area contributed by atoms with Crippen LogP contribution in [-0.4, -0.2) is 20.9 Å². The van der Waals surface area contributed by atoms with Gasteiger partial charge in [-0.3, -0.25) is 9.10 Å². The molecule has 0 aromatic heterocycles. The smallest absolute Gasteiger partial charge is 0.264 e. The molecule has 1 N–H and O–H groups in total. The molecule has 156 valence electrons. The van der Waals surface area contributed by atoms with Crippen LogP contribution in [0.1, 0.15) is 16.7 Å². The first-order chi connectivity index (χ1) is 14.2. The summed E-state index contributed by atoms with van der Waals surface area (Å²) in [5, 5.41) is 3.30. The zero-order valence-corrected chi connectivity index (χ0v) is 18.6. The normalized spacial score (nSPS) is 11.2. The molecule has 0 aliphatic rings. The Labute approximate surface area is 182 Å². The Kier molecular flexibility index (Phi) is 6.48. The number of carbonyl (C=O) groups excluding carboxylic acids is 1. The Morgan fingerprint density at radius 3 is 2.23 bits per heavy atom. The summed E-state index contributed by atoms with van der Waals surface area (Å²) in [7, 11) is -3.97. The number of benzene rings is 3. The summed E-state index contributed by atoms with van der Waals surface area (Å²) in [5.41, 5.74) is 3.53. The number of sulfonamides is 1. The number of anilines is 2. The summed E-state index contributed by atoms with van der Waals surface area (Å²) in [5.74, 6) is -0.436. The number of nitrogens with one attached hydrogen (secondary N) is 1. The van der Waals surface area contributed by atoms with Crippen molar-refractivity contribution in [3.63, 3.8) is 0 Å². The minimum Gasteiger partial charge on any atom is -0.324 e. The van der Waals surface area contributed by atoms with Crippen molar-refractivity contribution in [2.45, 2.75) is 25.7 Å². The van der Waals surface area contributed by atoms with Gasteiger partial charge in [0.05, 0.1) is 10.6 Å². The van der Waals surface area contributed by atoms with Crippen LogP contribution in [0.25, 0.3) is 0 Å². The van der Waals surface area contributed by atoms with Gasteiger partial charge in [-0.05, 0) is 68.3 Å². The summed E-state index contributed by atoms with van der Waals surface area (Å²) in [6, 6.07) is 18.8. The number of rotatable bonds is 6. The maximum Gasteiger partial charge on any atom is 0.264 e. The van der Waals surface area contributed by atoms with Gasteiger partial charge in [-0.2, -0.15) is 0 Å². The van der Waals surface area contributed by atoms with Crippen LogP contribution in [0.2, 0.25) is 5.02 Å². The second kappa shape index (κ2) is 8.90. The Balaban J connectivity index is 2.00. The van der Waals surface area contributed by atoms with E-state index < -0.39 is 15.9 Å². The third-order valence-corrected chi connectivity index (χ3v) is 6.75. The maximum atomic E-state index is 13.4. The average molecular weight is 443 g/mol. The quantitative estimate of drug-likeness (QED) is 0.577. The van der Waals surface area contributed by atoms with Crippen LogP contribution in [0.4, 0.5) is 11.4 Å². The molecule has 30 heavy (non-hydrogen) atoms. The number of amides is 1. The standard InChI is InChI=1S/C23H23ClN2O3S/c1-16-8-11-20(12-9-16)30(28,29)26(22-13-10-19(24)14-18(22)3)15-23(27)25-21-7-5-4-6-17(21)2/h4-14H,15H2,1-3H3,(H,25,27). The zero-order valence-electron chi connectivity index (χ0n) is 17.0. The lowest BCUT2D eigenvalue weighted by Crippen LogP contribution is -2.38. The van der Waals surface area contributed by atoms with E-state index in [1.54, 1.807) is 55.5 Å². The number of hydrogen-bond acceptors (Lipinski definition) is 3. The summed E-state index contributed by atoms with van der Waals surface area (Å²) >= 11 is 6.05. The average Bonchev–Trinajstić information content (AvgIpc) is 2.69. The molecule has 0 radical (unpaired) electrons. The van der Waals surface area contributed by atoms with E-state index in [2.05, 4.69) is 5.32 Å². The molecular weight excluding hydrogens is 420 g/mol. The van der Waals surface area contributed by atoms with Crippen LogP contribution in [0.15, 0.2) is 71.6 Å². The second-order valence-electron chi connectivity index (χ2n) is 7.12. The topological polar surface area (TPSA) is 66.5 Å². The number of aryl methyl sites for hydroxylation is 3. The number of para-hydroxylation sites is 1. The van der Waals surface area contributed by atoms with Gasteiger partial charge in [0.25, 0.3) is 10.0 Å². The van der Waals surface area contributed by atoms with E-state index in [9.17, 15) is 13.2 Å². The number of nitrogens with zero attached hydrogens (tertiary/aromatic N) is 1. The Bertz CT molecular complexity index is 1180. The molecule has 0 heterocycles. The van der Waals surface area contributed by atoms with Crippen molar-refractivity contribution < 1.29 is 13.2 Å². The first kappa shape index (κ1) is 21.9. The maximum absolute atomic E-state index is 13.4. The molecule has 3 rings (SSSR count).